The number of ether oxygens (including phenoxy) is 2. The van der Waals surface area contributed by atoms with Crippen molar-refractivity contribution in [1.82, 2.24) is 0 Å². The van der Waals surface area contributed by atoms with Gasteiger partial charge in [-0.15, -0.1) is 0 Å². The number of hydrogen-bond acceptors (Lipinski definition) is 4. The fraction of sp³-hybridized carbons (Fsp3) is 0.333. The van der Waals surface area contributed by atoms with Crippen LogP contribution < -0.4 is 0 Å². The van der Waals surface area contributed by atoms with Crippen molar-refractivity contribution in [2.45, 2.75) is 6.92 Å². The Morgan fingerprint density at radius 3 is 2.29 bits per heavy atom. The number of nitrogens with zero attached hydrogens (tertiary/aromatic N) is 1. The smallest absolute Gasteiger partial charge is 0.343 e. The van der Waals surface area contributed by atoms with E-state index in [1.54, 1.807) is 0 Å². The van der Waals surface area contributed by atoms with E-state index in [0.717, 1.165) is 0 Å². The van der Waals surface area contributed by atoms with Crippen LogP contribution in [0.25, 0.3) is 0 Å². The minimum atomic E-state index is -1.14. The van der Waals surface area contributed by atoms with Crippen LogP contribution in [-0.4, -0.2) is 32.0 Å². The topological polar surface area (TPSA) is 68.1 Å². The molecule has 0 aromatic carbocycles. The van der Waals surface area contributed by atoms with E-state index in [9.17, 15) is 4.79 Å². The lowest BCUT2D eigenvalue weighted by atomic mass is 10.2. The summed E-state index contributed by atoms with van der Waals surface area (Å²) in [6.45, 7) is 4.74. The molecule has 0 saturated heterocycles. The van der Waals surface area contributed by atoms with Crippen LogP contribution in [0.15, 0.2) is 28.3 Å². The molecule has 0 aliphatic heterocycles. The highest BCUT2D eigenvalue weighted by Gasteiger charge is 2.18. The maximum Gasteiger partial charge on any atom is 0.343 e. The molecule has 0 bridgehead atoms. The van der Waals surface area contributed by atoms with Gasteiger partial charge in [0, 0.05) is 0 Å². The van der Waals surface area contributed by atoms with E-state index in [1.165, 1.54) is 27.3 Å². The van der Waals surface area contributed by atoms with E-state index in [1.807, 2.05) is 0 Å². The van der Waals surface area contributed by atoms with Crippen molar-refractivity contribution >= 4 is 12.7 Å². The lowest BCUT2D eigenvalue weighted by molar-refractivity contribution is -0.132. The molecule has 0 saturated carbocycles. The first-order valence-corrected chi connectivity index (χ1v) is 3.77. The monoisotopic (exact) mass is 199 g/mol. The molecule has 0 radical (unpaired) electrons. The van der Waals surface area contributed by atoms with Gasteiger partial charge in [0.2, 0.25) is 0 Å². The maximum absolute atomic E-state index is 10.9. The third-order valence-electron chi connectivity index (χ3n) is 1.55. The summed E-state index contributed by atoms with van der Waals surface area (Å²) in [6, 6.07) is 0. The highest BCUT2D eigenvalue weighted by Crippen LogP contribution is 2.16. The van der Waals surface area contributed by atoms with Crippen LogP contribution in [-0.2, 0) is 14.3 Å². The fourth-order valence-corrected chi connectivity index (χ4v) is 0.834. The molecular weight excluding hydrogens is 186 g/mol. The zero-order chi connectivity index (χ0) is 11.1. The van der Waals surface area contributed by atoms with E-state index in [4.69, 9.17) is 14.6 Å². The van der Waals surface area contributed by atoms with Crippen LogP contribution in [0, 0.1) is 0 Å². The molecule has 1 N–H and O–H groups in total. The molecule has 0 rings (SSSR count). The second kappa shape index (κ2) is 5.80. The third kappa shape index (κ3) is 2.93. The summed E-state index contributed by atoms with van der Waals surface area (Å²) < 4.78 is 9.66. The van der Waals surface area contributed by atoms with Crippen molar-refractivity contribution in [2.24, 2.45) is 4.99 Å². The van der Waals surface area contributed by atoms with Crippen molar-refractivity contribution in [3.05, 3.63) is 23.3 Å². The lowest BCUT2D eigenvalue weighted by Crippen LogP contribution is -2.08. The quantitative estimate of drug-likeness (QED) is 0.312. The number of allylic oxidation sites excluding steroid dienone is 1. The average molecular weight is 199 g/mol. The Bertz CT molecular complexity index is 291. The average Bonchev–Trinajstić information content (AvgIpc) is 2.16. The number of hydrogen-bond donors (Lipinski definition) is 1. The molecule has 0 aromatic heterocycles. The minimum Gasteiger partial charge on any atom is -0.500 e. The van der Waals surface area contributed by atoms with Gasteiger partial charge in [-0.1, -0.05) is 0 Å². The van der Waals surface area contributed by atoms with E-state index < -0.39 is 5.97 Å². The van der Waals surface area contributed by atoms with Crippen molar-refractivity contribution < 1.29 is 19.4 Å². The first-order valence-electron chi connectivity index (χ1n) is 3.77. The van der Waals surface area contributed by atoms with Crippen molar-refractivity contribution in [3.63, 3.8) is 0 Å². The summed E-state index contributed by atoms with van der Waals surface area (Å²) in [5.41, 5.74) is -0.0672. The summed E-state index contributed by atoms with van der Waals surface area (Å²) >= 11 is 0. The molecule has 0 heterocycles. The highest BCUT2D eigenvalue weighted by atomic mass is 16.5. The molecule has 5 nitrogen and oxygen atoms in total. The van der Waals surface area contributed by atoms with Gasteiger partial charge in [-0.3, -0.25) is 4.99 Å². The molecular formula is C9H13NO4. The molecule has 5 heteroatoms. The minimum absolute atomic E-state index is 0.0672. The molecule has 0 aliphatic rings. The van der Waals surface area contributed by atoms with E-state index in [2.05, 4.69) is 11.7 Å². The molecule has 14 heavy (non-hydrogen) atoms. The van der Waals surface area contributed by atoms with Crippen molar-refractivity contribution in [3.8, 4) is 0 Å². The molecule has 0 aliphatic carbocycles. The first kappa shape index (κ1) is 12.2. The molecule has 0 atom stereocenters. The van der Waals surface area contributed by atoms with Gasteiger partial charge in [-0.25, -0.2) is 4.79 Å². The van der Waals surface area contributed by atoms with Gasteiger partial charge >= 0.3 is 5.97 Å². The van der Waals surface area contributed by atoms with Gasteiger partial charge in [0.05, 0.1) is 20.4 Å². The summed E-state index contributed by atoms with van der Waals surface area (Å²) in [5, 5.41) is 8.88. The lowest BCUT2D eigenvalue weighted by Gasteiger charge is -2.09. The van der Waals surface area contributed by atoms with Crippen molar-refractivity contribution in [2.75, 3.05) is 14.2 Å². The number of carboxylic acids is 1. The van der Waals surface area contributed by atoms with Gasteiger partial charge in [0.25, 0.3) is 0 Å². The Hall–Kier alpha value is -1.78. The number of carboxylic acid groups (broad SMARTS) is 1. The van der Waals surface area contributed by atoms with Crippen LogP contribution in [0.3, 0.4) is 0 Å². The largest absolute Gasteiger partial charge is 0.500 e. The number of aliphatic imine (C=N–C) groups is 1. The number of carbonyl (C=O) groups is 1. The summed E-state index contributed by atoms with van der Waals surface area (Å²) in [6.07, 6.45) is 1.21. The van der Waals surface area contributed by atoms with E-state index >= 15 is 0 Å². The van der Waals surface area contributed by atoms with E-state index in [0.29, 0.717) is 0 Å². The number of aliphatic carboxylic acids is 1. The predicted molar refractivity (Wildman–Crippen MR) is 52.0 cm³/mol. The van der Waals surface area contributed by atoms with Crippen LogP contribution in [0.1, 0.15) is 6.92 Å². The Labute approximate surface area is 82.4 Å². The van der Waals surface area contributed by atoms with Crippen LogP contribution in [0.2, 0.25) is 0 Å². The Morgan fingerprint density at radius 2 is 2.00 bits per heavy atom. The molecule has 0 spiro atoms. The summed E-state index contributed by atoms with van der Waals surface area (Å²) in [7, 11) is 2.73. The highest BCUT2D eigenvalue weighted by molar-refractivity contribution is 5.91. The van der Waals surface area contributed by atoms with Gasteiger partial charge < -0.3 is 14.6 Å². The van der Waals surface area contributed by atoms with Gasteiger partial charge in [0.15, 0.2) is 5.76 Å². The Kier molecular flexibility index (Phi) is 5.06. The third-order valence-corrected chi connectivity index (χ3v) is 1.55. The zero-order valence-corrected chi connectivity index (χ0v) is 8.40. The van der Waals surface area contributed by atoms with E-state index in [-0.39, 0.29) is 17.1 Å². The standard InChI is InChI=1S/C9H13NO4/c1-6(13-3)8(9(11)12)7(14-4)5-10-2/h5H,2H2,1,3-4H3,(H,11,12)/b7-5+,8-6-. The normalized spacial score (nSPS) is 12.9. The zero-order valence-electron chi connectivity index (χ0n) is 8.40. The molecule has 0 aromatic rings. The molecule has 78 valence electrons. The van der Waals surface area contributed by atoms with Crippen LogP contribution >= 0.6 is 0 Å². The second-order valence-electron chi connectivity index (χ2n) is 2.32. The Balaban J connectivity index is 5.30. The predicted octanol–water partition coefficient (Wildman–Crippen LogP) is 1.18. The maximum atomic E-state index is 10.9. The molecule has 0 fully saturated rings. The van der Waals surface area contributed by atoms with Gasteiger partial charge in [0.1, 0.15) is 11.3 Å². The second-order valence-corrected chi connectivity index (χ2v) is 2.32. The number of rotatable bonds is 5. The fourth-order valence-electron chi connectivity index (χ4n) is 0.834. The van der Waals surface area contributed by atoms with Gasteiger partial charge in [-0.2, -0.15) is 0 Å². The van der Waals surface area contributed by atoms with Crippen LogP contribution in [0.4, 0.5) is 0 Å². The first-order chi connectivity index (χ1) is 6.58. The summed E-state index contributed by atoms with van der Waals surface area (Å²) in [4.78, 5) is 14.3. The number of methoxy groups -OCH3 is 2. The molecule has 0 unspecified atom stereocenters. The Morgan fingerprint density at radius 1 is 1.43 bits per heavy atom. The van der Waals surface area contributed by atoms with Crippen LogP contribution in [0.5, 0.6) is 0 Å². The van der Waals surface area contributed by atoms with Crippen molar-refractivity contribution in [1.29, 1.82) is 0 Å². The van der Waals surface area contributed by atoms with Gasteiger partial charge in [-0.05, 0) is 13.6 Å². The molecule has 0 amide bonds. The SMILES string of the molecule is C=N/C=C(OC)\C(C(=O)O)=C(/C)OC. The summed E-state index contributed by atoms with van der Waals surface area (Å²) in [5.74, 6) is -0.790.